The first-order chi connectivity index (χ1) is 9.58. The quantitative estimate of drug-likeness (QED) is 0.790. The van der Waals surface area contributed by atoms with E-state index in [1.54, 1.807) is 30.3 Å². The topological polar surface area (TPSA) is 52.6 Å². The van der Waals surface area contributed by atoms with Crippen LogP contribution in [0.25, 0.3) is 6.08 Å². The molecule has 0 radical (unpaired) electrons. The summed E-state index contributed by atoms with van der Waals surface area (Å²) in [6.07, 6.45) is 3.76. The highest BCUT2D eigenvalue weighted by molar-refractivity contribution is 5.90. The van der Waals surface area contributed by atoms with Crippen molar-refractivity contribution in [1.29, 1.82) is 0 Å². The lowest BCUT2D eigenvalue weighted by Gasteiger charge is -2.34. The lowest BCUT2D eigenvalue weighted by molar-refractivity contribution is -0.223. The zero-order valence-corrected chi connectivity index (χ0v) is 11.6. The van der Waals surface area contributed by atoms with E-state index in [1.807, 2.05) is 6.92 Å². The Bertz CT molecular complexity index is 518. The standard InChI is InChI=1S/C16H18O4/c1-3-12-7-9-13(10-8-12)15(18)20-16(4-2)11-5-6-14(17)19-16/h3,7-10H,1,4-6,11H2,2H3. The van der Waals surface area contributed by atoms with Crippen molar-refractivity contribution in [3.63, 3.8) is 0 Å². The van der Waals surface area contributed by atoms with Crippen LogP contribution < -0.4 is 0 Å². The minimum atomic E-state index is -1.11. The predicted octanol–water partition coefficient (Wildman–Crippen LogP) is 3.32. The van der Waals surface area contributed by atoms with Crippen molar-refractivity contribution in [1.82, 2.24) is 0 Å². The molecule has 1 saturated heterocycles. The second-order valence-electron chi connectivity index (χ2n) is 4.81. The molecule has 1 fully saturated rings. The van der Waals surface area contributed by atoms with Gasteiger partial charge in [0.15, 0.2) is 0 Å². The Morgan fingerprint density at radius 3 is 2.70 bits per heavy atom. The van der Waals surface area contributed by atoms with Crippen LogP contribution in [0.5, 0.6) is 0 Å². The summed E-state index contributed by atoms with van der Waals surface area (Å²) in [6.45, 7) is 5.50. The van der Waals surface area contributed by atoms with Crippen molar-refractivity contribution >= 4 is 18.0 Å². The zero-order valence-electron chi connectivity index (χ0n) is 11.6. The van der Waals surface area contributed by atoms with Gasteiger partial charge in [-0.05, 0) is 24.1 Å². The van der Waals surface area contributed by atoms with E-state index in [2.05, 4.69) is 6.58 Å². The lowest BCUT2D eigenvalue weighted by atomic mass is 10.0. The molecule has 1 aromatic carbocycles. The third-order valence-electron chi connectivity index (χ3n) is 3.44. The number of carbonyl (C=O) groups is 2. The minimum absolute atomic E-state index is 0.312. The van der Waals surface area contributed by atoms with Gasteiger partial charge in [-0.1, -0.05) is 31.7 Å². The van der Waals surface area contributed by atoms with Gasteiger partial charge in [0.2, 0.25) is 0 Å². The molecule has 1 aromatic rings. The van der Waals surface area contributed by atoms with E-state index in [-0.39, 0.29) is 5.97 Å². The van der Waals surface area contributed by atoms with Gasteiger partial charge in [-0.2, -0.15) is 0 Å². The lowest BCUT2D eigenvalue weighted by Crippen LogP contribution is -2.42. The van der Waals surface area contributed by atoms with E-state index in [9.17, 15) is 9.59 Å². The molecule has 1 heterocycles. The number of cyclic esters (lactones) is 1. The van der Waals surface area contributed by atoms with E-state index in [4.69, 9.17) is 9.47 Å². The molecule has 0 N–H and O–H groups in total. The van der Waals surface area contributed by atoms with Gasteiger partial charge in [-0.15, -0.1) is 0 Å². The van der Waals surface area contributed by atoms with E-state index < -0.39 is 11.8 Å². The Kier molecular flexibility index (Phi) is 4.23. The molecule has 0 amide bonds. The predicted molar refractivity (Wildman–Crippen MR) is 74.9 cm³/mol. The molecule has 1 atom stereocenters. The molecule has 4 heteroatoms. The number of hydrogen-bond donors (Lipinski definition) is 0. The average Bonchev–Trinajstić information content (AvgIpc) is 2.47. The Morgan fingerprint density at radius 2 is 2.15 bits per heavy atom. The highest BCUT2D eigenvalue weighted by Gasteiger charge is 2.39. The van der Waals surface area contributed by atoms with Gasteiger partial charge in [0, 0.05) is 19.3 Å². The van der Waals surface area contributed by atoms with Crippen molar-refractivity contribution in [2.45, 2.75) is 38.4 Å². The molecule has 1 aliphatic rings. The highest BCUT2D eigenvalue weighted by Crippen LogP contribution is 2.31. The van der Waals surface area contributed by atoms with Gasteiger partial charge in [0.05, 0.1) is 5.56 Å². The number of carbonyl (C=O) groups excluding carboxylic acids is 2. The van der Waals surface area contributed by atoms with Crippen LogP contribution in [0.1, 0.15) is 48.5 Å². The van der Waals surface area contributed by atoms with Crippen LogP contribution in [0.2, 0.25) is 0 Å². The molecule has 20 heavy (non-hydrogen) atoms. The molecule has 0 aliphatic carbocycles. The molecule has 0 aromatic heterocycles. The van der Waals surface area contributed by atoms with Crippen molar-refractivity contribution in [2.75, 3.05) is 0 Å². The van der Waals surface area contributed by atoms with Gasteiger partial charge in [-0.3, -0.25) is 4.79 Å². The van der Waals surface area contributed by atoms with Crippen molar-refractivity contribution < 1.29 is 19.1 Å². The van der Waals surface area contributed by atoms with Crippen LogP contribution in [0.4, 0.5) is 0 Å². The maximum absolute atomic E-state index is 12.1. The summed E-state index contributed by atoms with van der Waals surface area (Å²) in [5.41, 5.74) is 1.36. The molecule has 106 valence electrons. The summed E-state index contributed by atoms with van der Waals surface area (Å²) in [6, 6.07) is 6.92. The van der Waals surface area contributed by atoms with E-state index >= 15 is 0 Å². The molecular weight excluding hydrogens is 256 g/mol. The van der Waals surface area contributed by atoms with Gasteiger partial charge in [0.25, 0.3) is 5.79 Å². The van der Waals surface area contributed by atoms with Crippen molar-refractivity contribution in [3.05, 3.63) is 42.0 Å². The van der Waals surface area contributed by atoms with E-state index in [0.717, 1.165) is 5.56 Å². The summed E-state index contributed by atoms with van der Waals surface area (Å²) < 4.78 is 10.7. The highest BCUT2D eigenvalue weighted by atomic mass is 16.7. The van der Waals surface area contributed by atoms with Crippen LogP contribution >= 0.6 is 0 Å². The third kappa shape index (κ3) is 3.07. The molecule has 1 unspecified atom stereocenters. The normalized spacial score (nSPS) is 21.9. The smallest absolute Gasteiger partial charge is 0.341 e. The number of hydrogen-bond acceptors (Lipinski definition) is 4. The number of rotatable bonds is 4. The van der Waals surface area contributed by atoms with Crippen LogP contribution in [-0.4, -0.2) is 17.7 Å². The number of esters is 2. The zero-order chi connectivity index (χ0) is 14.6. The Labute approximate surface area is 118 Å². The third-order valence-corrected chi connectivity index (χ3v) is 3.44. The fourth-order valence-electron chi connectivity index (χ4n) is 2.19. The molecule has 4 nitrogen and oxygen atoms in total. The van der Waals surface area contributed by atoms with Crippen LogP contribution in [-0.2, 0) is 14.3 Å². The summed E-state index contributed by atoms with van der Waals surface area (Å²) >= 11 is 0. The fraction of sp³-hybridized carbons (Fsp3) is 0.375. The first-order valence-corrected chi connectivity index (χ1v) is 6.76. The van der Waals surface area contributed by atoms with Gasteiger partial charge < -0.3 is 9.47 Å². The van der Waals surface area contributed by atoms with Gasteiger partial charge >= 0.3 is 11.9 Å². The van der Waals surface area contributed by atoms with Crippen LogP contribution in [0, 0.1) is 0 Å². The monoisotopic (exact) mass is 274 g/mol. The van der Waals surface area contributed by atoms with Crippen molar-refractivity contribution in [2.24, 2.45) is 0 Å². The summed E-state index contributed by atoms with van der Waals surface area (Å²) in [5, 5.41) is 0. The second-order valence-corrected chi connectivity index (χ2v) is 4.81. The molecule has 1 aliphatic heterocycles. The molecular formula is C16H18O4. The molecule has 0 spiro atoms. The van der Waals surface area contributed by atoms with Gasteiger partial charge in [0.1, 0.15) is 0 Å². The number of benzene rings is 1. The maximum atomic E-state index is 12.1. The Morgan fingerprint density at radius 1 is 1.45 bits per heavy atom. The average molecular weight is 274 g/mol. The Hall–Kier alpha value is -2.10. The molecule has 0 saturated carbocycles. The van der Waals surface area contributed by atoms with E-state index in [1.165, 1.54) is 0 Å². The fourth-order valence-corrected chi connectivity index (χ4v) is 2.19. The first-order valence-electron chi connectivity index (χ1n) is 6.76. The largest absolute Gasteiger partial charge is 0.422 e. The maximum Gasteiger partial charge on any atom is 0.341 e. The SMILES string of the molecule is C=Cc1ccc(C(=O)OC2(CC)CCCC(=O)O2)cc1. The summed E-state index contributed by atoms with van der Waals surface area (Å²) in [4.78, 5) is 23.6. The minimum Gasteiger partial charge on any atom is -0.422 e. The van der Waals surface area contributed by atoms with Crippen LogP contribution in [0.3, 0.4) is 0 Å². The van der Waals surface area contributed by atoms with E-state index in [0.29, 0.717) is 31.2 Å². The Balaban J connectivity index is 2.11. The molecule has 0 bridgehead atoms. The number of ether oxygens (including phenoxy) is 2. The summed E-state index contributed by atoms with van der Waals surface area (Å²) in [7, 11) is 0. The summed E-state index contributed by atoms with van der Waals surface area (Å²) in [5.74, 6) is -1.89. The van der Waals surface area contributed by atoms with Crippen molar-refractivity contribution in [3.8, 4) is 0 Å². The first kappa shape index (κ1) is 14.3. The van der Waals surface area contributed by atoms with Crippen LogP contribution in [0.15, 0.2) is 30.8 Å². The molecule has 2 rings (SSSR count). The van der Waals surface area contributed by atoms with Gasteiger partial charge in [-0.25, -0.2) is 4.79 Å². The second kappa shape index (κ2) is 5.90.